The Balaban J connectivity index is 0.000000355. The number of phenolic OH excluding ortho intramolecular Hbond substituents is 2. The molecule has 0 unspecified atom stereocenters. The molecule has 0 saturated heterocycles. The Morgan fingerprint density at radius 1 is 0.618 bits per heavy atom. The van der Waals surface area contributed by atoms with Crippen molar-refractivity contribution in [2.45, 2.75) is 78.1 Å². The van der Waals surface area contributed by atoms with Gasteiger partial charge in [0.2, 0.25) is 0 Å². The summed E-state index contributed by atoms with van der Waals surface area (Å²) in [6.45, 7) is 20.9. The molecule has 0 radical (unpaired) electrons. The number of halogens is 4. The summed E-state index contributed by atoms with van der Waals surface area (Å²) in [5, 5.41) is 22.2. The van der Waals surface area contributed by atoms with Gasteiger partial charge in [0.15, 0.2) is 0 Å². The number of ether oxygens (including phenoxy) is 2. The molecule has 0 amide bonds. The molecule has 0 atom stereocenters. The third kappa shape index (κ3) is 17.6. The van der Waals surface area contributed by atoms with Crippen molar-refractivity contribution in [2.75, 3.05) is 13.2 Å². The second-order valence-corrected chi connectivity index (χ2v) is 17.9. The Labute approximate surface area is 354 Å². The van der Waals surface area contributed by atoms with Gasteiger partial charge >= 0.3 is 35.6 Å². The SMILES string of the molecule is C=CCCCOc1ccc(N=Cc2cc(Cl)cc(C(C)(C)C)c2O)cc1.C=CCCCOc1ccc(N=Cc2cc(Cl)cc(C(C)(C)C)c2O)cc1.[Cl][Ti][Cl]. The second-order valence-electron chi connectivity index (χ2n) is 14.4. The van der Waals surface area contributed by atoms with Crippen molar-refractivity contribution in [3.63, 3.8) is 0 Å². The van der Waals surface area contributed by atoms with Gasteiger partial charge in [0.05, 0.1) is 24.6 Å². The third-order valence-corrected chi connectivity index (χ3v) is 8.28. The summed E-state index contributed by atoms with van der Waals surface area (Å²) in [5.41, 5.74) is 3.95. The molecule has 294 valence electrons. The van der Waals surface area contributed by atoms with Crippen LogP contribution in [0.5, 0.6) is 23.0 Å². The Hall–Kier alpha value is -3.23. The van der Waals surface area contributed by atoms with Crippen LogP contribution in [-0.4, -0.2) is 35.9 Å². The van der Waals surface area contributed by atoms with Crippen LogP contribution in [0.3, 0.4) is 0 Å². The molecular weight excluding hydrogens is 810 g/mol. The van der Waals surface area contributed by atoms with E-state index in [9.17, 15) is 10.2 Å². The molecule has 4 aromatic carbocycles. The van der Waals surface area contributed by atoms with Crippen LogP contribution in [0.2, 0.25) is 10.0 Å². The maximum atomic E-state index is 10.5. The topological polar surface area (TPSA) is 83.6 Å². The summed E-state index contributed by atoms with van der Waals surface area (Å²) in [4.78, 5) is 8.88. The van der Waals surface area contributed by atoms with Crippen LogP contribution in [0.1, 0.15) is 89.5 Å². The van der Waals surface area contributed by atoms with Gasteiger partial charge in [-0.3, -0.25) is 9.98 Å². The van der Waals surface area contributed by atoms with Crippen molar-refractivity contribution in [3.05, 3.63) is 130 Å². The van der Waals surface area contributed by atoms with E-state index in [4.69, 9.17) is 51.3 Å². The van der Waals surface area contributed by atoms with Gasteiger partial charge in [0.25, 0.3) is 0 Å². The summed E-state index contributed by atoms with van der Waals surface area (Å²) in [6.07, 6.45) is 10.8. The molecule has 0 fully saturated rings. The van der Waals surface area contributed by atoms with Crippen LogP contribution in [0, 0.1) is 0 Å². The molecule has 0 heterocycles. The first-order chi connectivity index (χ1) is 26.0. The Bertz CT molecular complexity index is 1720. The molecule has 0 aliphatic heterocycles. The van der Waals surface area contributed by atoms with Crippen molar-refractivity contribution in [3.8, 4) is 23.0 Å². The van der Waals surface area contributed by atoms with E-state index in [2.05, 4.69) is 23.1 Å². The molecule has 0 aliphatic rings. The average molecular weight is 863 g/mol. The van der Waals surface area contributed by atoms with E-state index in [0.29, 0.717) is 34.4 Å². The number of aromatic hydroxyl groups is 2. The van der Waals surface area contributed by atoms with E-state index >= 15 is 0 Å². The fourth-order valence-electron chi connectivity index (χ4n) is 4.96. The Kier molecular flexibility index (Phi) is 21.3. The molecule has 0 aromatic heterocycles. The number of allylic oxidation sites excluding steroid dienone is 2. The van der Waals surface area contributed by atoms with E-state index in [1.807, 2.05) is 102 Å². The molecule has 4 rings (SSSR count). The second kappa shape index (κ2) is 24.4. The number of phenols is 2. The van der Waals surface area contributed by atoms with Gasteiger partial charge in [-0.2, -0.15) is 0 Å². The molecule has 0 bridgehead atoms. The first-order valence-corrected chi connectivity index (χ1v) is 22.9. The Morgan fingerprint density at radius 2 is 0.945 bits per heavy atom. The summed E-state index contributed by atoms with van der Waals surface area (Å²) in [5.74, 6) is 2.06. The zero-order valence-corrected chi connectivity index (χ0v) is 37.1. The van der Waals surface area contributed by atoms with Crippen molar-refractivity contribution in [1.82, 2.24) is 0 Å². The number of rotatable bonds is 14. The van der Waals surface area contributed by atoms with Crippen LogP contribution in [0.25, 0.3) is 0 Å². The summed E-state index contributed by atoms with van der Waals surface area (Å²) < 4.78 is 11.3. The molecular formula is C44H52Cl4N2O4Ti. The summed E-state index contributed by atoms with van der Waals surface area (Å²) in [7, 11) is 9.78. The molecule has 55 heavy (non-hydrogen) atoms. The number of hydrogen-bond donors (Lipinski definition) is 2. The minimum atomic E-state index is -0.556. The molecule has 2 N–H and O–H groups in total. The quantitative estimate of drug-likeness (QED) is 0.0572. The fourth-order valence-corrected chi connectivity index (χ4v) is 5.41. The molecule has 0 spiro atoms. The number of benzene rings is 4. The maximum absolute atomic E-state index is 10.5. The third-order valence-electron chi connectivity index (χ3n) is 7.85. The molecule has 6 nitrogen and oxygen atoms in total. The minimum absolute atomic E-state index is 0.206. The van der Waals surface area contributed by atoms with Gasteiger partial charge in [-0.1, -0.05) is 76.9 Å². The van der Waals surface area contributed by atoms with Gasteiger partial charge in [0, 0.05) is 44.7 Å². The predicted octanol–water partition coefficient (Wildman–Crippen LogP) is 14.3. The monoisotopic (exact) mass is 860 g/mol. The van der Waals surface area contributed by atoms with Gasteiger partial charge in [-0.25, -0.2) is 0 Å². The van der Waals surface area contributed by atoms with Crippen LogP contribution in [0.4, 0.5) is 11.4 Å². The molecule has 4 aromatic rings. The normalized spacial score (nSPS) is 11.3. The van der Waals surface area contributed by atoms with Crippen molar-refractivity contribution < 1.29 is 36.7 Å². The van der Waals surface area contributed by atoms with E-state index < -0.39 is 17.0 Å². The van der Waals surface area contributed by atoms with Gasteiger partial charge in [0.1, 0.15) is 23.0 Å². The predicted molar refractivity (Wildman–Crippen MR) is 233 cm³/mol. The molecule has 11 heteroatoms. The van der Waals surface area contributed by atoms with E-state index in [1.165, 1.54) is 0 Å². The van der Waals surface area contributed by atoms with Crippen molar-refractivity contribution >= 4 is 65.6 Å². The van der Waals surface area contributed by atoms with Crippen LogP contribution < -0.4 is 9.47 Å². The first-order valence-electron chi connectivity index (χ1n) is 17.8. The first kappa shape index (κ1) is 47.9. The van der Waals surface area contributed by atoms with E-state index in [0.717, 1.165) is 59.7 Å². The van der Waals surface area contributed by atoms with Crippen LogP contribution in [-0.2, 0) is 27.9 Å². The number of nitrogens with zero attached hydrogens (tertiary/aromatic N) is 2. The van der Waals surface area contributed by atoms with E-state index in [-0.39, 0.29) is 22.3 Å². The molecule has 0 aliphatic carbocycles. The number of unbranched alkanes of at least 4 members (excludes halogenated alkanes) is 2. The van der Waals surface area contributed by atoms with Crippen molar-refractivity contribution in [2.24, 2.45) is 9.98 Å². The fraction of sp³-hybridized carbons (Fsp3) is 0.318. The van der Waals surface area contributed by atoms with Crippen molar-refractivity contribution in [1.29, 1.82) is 0 Å². The standard InChI is InChI=1S/2C22H26ClNO2.2ClH.Ti/c2*1-5-6-7-12-26-19-10-8-18(9-11-19)24-15-16-13-17(23)14-20(21(16)25)22(2,3)4;;;/h2*5,8-11,13-15,25H,1,6-7,12H2,2-4H3;2*1H;/q;;;;+2/p-2. The van der Waals surface area contributed by atoms with Gasteiger partial charge in [-0.15, -0.1) is 13.2 Å². The Morgan fingerprint density at radius 3 is 1.24 bits per heavy atom. The van der Waals surface area contributed by atoms with Crippen LogP contribution >= 0.6 is 41.8 Å². The summed E-state index contributed by atoms with van der Waals surface area (Å²) in [6, 6.07) is 22.1. The summed E-state index contributed by atoms with van der Waals surface area (Å²) >= 11 is 11.9. The number of hydrogen-bond acceptors (Lipinski definition) is 6. The zero-order chi connectivity index (χ0) is 41.0. The van der Waals surface area contributed by atoms with Gasteiger partial charge < -0.3 is 19.7 Å². The average Bonchev–Trinajstić information content (AvgIpc) is 3.13. The van der Waals surface area contributed by atoms with Gasteiger partial charge in [-0.05, 0) is 109 Å². The van der Waals surface area contributed by atoms with E-state index in [1.54, 1.807) is 36.7 Å². The zero-order valence-electron chi connectivity index (χ0n) is 32.5. The number of aliphatic imine (C=N–C) groups is 2. The molecule has 0 saturated carbocycles. The van der Waals surface area contributed by atoms with Crippen LogP contribution in [0.15, 0.2) is 108 Å².